The number of Topliss-reactive ketones (excluding diaryl/α,β-unsaturated/α-hetero) is 1. The Balaban J connectivity index is 1.79. The largest absolute Gasteiger partial charge is 0.368 e. The van der Waals surface area contributed by atoms with Gasteiger partial charge in [0.05, 0.1) is 17.9 Å². The number of primary amides is 1. The molecule has 0 spiro atoms. The molecule has 9 heteroatoms. The minimum Gasteiger partial charge on any atom is -0.368 e. The highest BCUT2D eigenvalue weighted by molar-refractivity contribution is 5.95. The van der Waals surface area contributed by atoms with Gasteiger partial charge in [-0.25, -0.2) is 4.98 Å². The number of aromatic amines is 1. The Labute approximate surface area is 163 Å². The standard InChI is InChI=1S/C19H27N5O4/c1-19(2)8-12(25)7-13(19)17(27)23-14(6-11-9-21-10-22-11)18(28)24-5-3-4-15(24)16(20)26/h9-10,13-15H,3-8H2,1-2H3,(H2,20,26)(H,21,22)(H,23,27)/t13?,14-,15-/m0/s1. The number of nitrogens with zero attached hydrogens (tertiary/aromatic N) is 2. The number of carbonyl (C=O) groups is 4. The number of aromatic nitrogens is 2. The highest BCUT2D eigenvalue weighted by Crippen LogP contribution is 2.40. The van der Waals surface area contributed by atoms with Gasteiger partial charge in [-0.05, 0) is 18.3 Å². The van der Waals surface area contributed by atoms with Crippen LogP contribution in [0.25, 0.3) is 0 Å². The van der Waals surface area contributed by atoms with E-state index in [4.69, 9.17) is 5.73 Å². The molecule has 3 rings (SSSR count). The van der Waals surface area contributed by atoms with E-state index in [1.54, 1.807) is 6.20 Å². The van der Waals surface area contributed by atoms with E-state index in [0.29, 0.717) is 31.5 Å². The number of hydrogen-bond acceptors (Lipinski definition) is 5. The average Bonchev–Trinajstić information content (AvgIpc) is 3.33. The summed E-state index contributed by atoms with van der Waals surface area (Å²) < 4.78 is 0. The van der Waals surface area contributed by atoms with Gasteiger partial charge in [0.25, 0.3) is 0 Å². The summed E-state index contributed by atoms with van der Waals surface area (Å²) in [6.45, 7) is 4.19. The molecule has 1 aromatic heterocycles. The molecule has 2 aliphatic rings. The molecule has 0 bridgehead atoms. The topological polar surface area (TPSA) is 138 Å². The van der Waals surface area contributed by atoms with Gasteiger partial charge >= 0.3 is 0 Å². The molecule has 152 valence electrons. The minimum absolute atomic E-state index is 0.0497. The highest BCUT2D eigenvalue weighted by atomic mass is 16.2. The summed E-state index contributed by atoms with van der Waals surface area (Å²) in [5.74, 6) is -1.65. The third kappa shape index (κ3) is 4.07. The van der Waals surface area contributed by atoms with E-state index in [1.807, 2.05) is 13.8 Å². The molecule has 9 nitrogen and oxygen atoms in total. The second-order valence-corrected chi connectivity index (χ2v) is 8.38. The molecule has 3 atom stereocenters. The average molecular weight is 389 g/mol. The zero-order chi connectivity index (χ0) is 20.5. The van der Waals surface area contributed by atoms with Crippen LogP contribution in [0.1, 0.15) is 45.2 Å². The molecular weight excluding hydrogens is 362 g/mol. The van der Waals surface area contributed by atoms with Crippen LogP contribution in [-0.4, -0.2) is 57.0 Å². The number of H-pyrrole nitrogens is 1. The Morgan fingerprint density at radius 3 is 2.75 bits per heavy atom. The molecule has 28 heavy (non-hydrogen) atoms. The molecule has 1 aliphatic heterocycles. The lowest BCUT2D eigenvalue weighted by Crippen LogP contribution is -2.55. The second-order valence-electron chi connectivity index (χ2n) is 8.38. The van der Waals surface area contributed by atoms with Gasteiger partial charge in [-0.2, -0.15) is 0 Å². The molecule has 2 fully saturated rings. The number of nitrogens with one attached hydrogen (secondary N) is 2. The Morgan fingerprint density at radius 1 is 1.43 bits per heavy atom. The lowest BCUT2D eigenvalue weighted by atomic mass is 9.81. The highest BCUT2D eigenvalue weighted by Gasteiger charge is 2.45. The van der Waals surface area contributed by atoms with Crippen LogP contribution in [0, 0.1) is 11.3 Å². The number of amides is 3. The van der Waals surface area contributed by atoms with Crippen molar-refractivity contribution in [1.82, 2.24) is 20.2 Å². The van der Waals surface area contributed by atoms with E-state index in [1.165, 1.54) is 11.2 Å². The summed E-state index contributed by atoms with van der Waals surface area (Å²) in [6, 6.07) is -1.53. The third-order valence-electron chi connectivity index (χ3n) is 5.79. The van der Waals surface area contributed by atoms with Crippen molar-refractivity contribution >= 4 is 23.5 Å². The molecule has 1 aliphatic carbocycles. The van der Waals surface area contributed by atoms with Gasteiger partial charge in [0, 0.05) is 32.0 Å². The fourth-order valence-electron chi connectivity index (χ4n) is 4.27. The van der Waals surface area contributed by atoms with Gasteiger partial charge < -0.3 is 20.9 Å². The summed E-state index contributed by atoms with van der Waals surface area (Å²) in [7, 11) is 0. The summed E-state index contributed by atoms with van der Waals surface area (Å²) in [5, 5.41) is 2.82. The maximum Gasteiger partial charge on any atom is 0.246 e. The first kappa shape index (κ1) is 20.0. The van der Waals surface area contributed by atoms with Crippen molar-refractivity contribution in [3.05, 3.63) is 18.2 Å². The van der Waals surface area contributed by atoms with Crippen LogP contribution in [0.5, 0.6) is 0 Å². The van der Waals surface area contributed by atoms with E-state index in [0.717, 1.165) is 0 Å². The number of ketones is 1. The smallest absolute Gasteiger partial charge is 0.246 e. The van der Waals surface area contributed by atoms with E-state index in [9.17, 15) is 19.2 Å². The zero-order valence-corrected chi connectivity index (χ0v) is 16.2. The Hall–Kier alpha value is -2.71. The predicted octanol–water partition coefficient (Wildman–Crippen LogP) is -0.0814. The van der Waals surface area contributed by atoms with Crippen LogP contribution in [-0.2, 0) is 25.6 Å². The number of likely N-dealkylation sites (tertiary alicyclic amines) is 1. The number of rotatable bonds is 6. The van der Waals surface area contributed by atoms with Crippen molar-refractivity contribution in [3.63, 3.8) is 0 Å². The molecule has 3 amide bonds. The lowest BCUT2D eigenvalue weighted by molar-refractivity contribution is -0.141. The van der Waals surface area contributed by atoms with Crippen LogP contribution < -0.4 is 11.1 Å². The molecule has 1 unspecified atom stereocenters. The van der Waals surface area contributed by atoms with Crippen molar-refractivity contribution in [3.8, 4) is 0 Å². The van der Waals surface area contributed by atoms with Crippen molar-refractivity contribution in [1.29, 1.82) is 0 Å². The maximum atomic E-state index is 13.2. The Kier molecular flexibility index (Phi) is 5.53. The normalized spacial score (nSPS) is 24.9. The third-order valence-corrected chi connectivity index (χ3v) is 5.79. The van der Waals surface area contributed by atoms with Gasteiger partial charge in [-0.1, -0.05) is 13.8 Å². The first-order valence-corrected chi connectivity index (χ1v) is 9.58. The molecule has 4 N–H and O–H groups in total. The first-order valence-electron chi connectivity index (χ1n) is 9.58. The van der Waals surface area contributed by atoms with E-state index >= 15 is 0 Å². The predicted molar refractivity (Wildman–Crippen MR) is 99.7 cm³/mol. The quantitative estimate of drug-likeness (QED) is 0.625. The number of nitrogens with two attached hydrogens (primary N) is 1. The minimum atomic E-state index is -0.873. The fraction of sp³-hybridized carbons (Fsp3) is 0.632. The van der Waals surface area contributed by atoms with Crippen LogP contribution in [0.3, 0.4) is 0 Å². The van der Waals surface area contributed by atoms with Crippen LogP contribution >= 0.6 is 0 Å². The first-order chi connectivity index (χ1) is 13.2. The van der Waals surface area contributed by atoms with Crippen LogP contribution in [0.15, 0.2) is 12.5 Å². The van der Waals surface area contributed by atoms with E-state index in [-0.39, 0.29) is 30.4 Å². The van der Waals surface area contributed by atoms with Gasteiger partial charge in [-0.3, -0.25) is 19.2 Å². The van der Waals surface area contributed by atoms with E-state index < -0.39 is 29.3 Å². The Bertz CT molecular complexity index is 773. The Morgan fingerprint density at radius 2 is 2.18 bits per heavy atom. The van der Waals surface area contributed by atoms with Crippen LogP contribution in [0.2, 0.25) is 0 Å². The molecule has 0 radical (unpaired) electrons. The molecule has 1 saturated carbocycles. The fourth-order valence-corrected chi connectivity index (χ4v) is 4.27. The maximum absolute atomic E-state index is 13.2. The van der Waals surface area contributed by atoms with Gasteiger partial charge in [0.15, 0.2) is 0 Å². The van der Waals surface area contributed by atoms with Gasteiger partial charge in [0.2, 0.25) is 17.7 Å². The van der Waals surface area contributed by atoms with Crippen molar-refractivity contribution in [2.75, 3.05) is 6.54 Å². The van der Waals surface area contributed by atoms with E-state index in [2.05, 4.69) is 15.3 Å². The van der Waals surface area contributed by atoms with Gasteiger partial charge in [-0.15, -0.1) is 0 Å². The van der Waals surface area contributed by atoms with Crippen LogP contribution in [0.4, 0.5) is 0 Å². The summed E-state index contributed by atoms with van der Waals surface area (Å²) >= 11 is 0. The molecule has 0 aromatic carbocycles. The molecular formula is C19H27N5O4. The summed E-state index contributed by atoms with van der Waals surface area (Å²) in [6.07, 6.45) is 5.08. The molecule has 1 aromatic rings. The van der Waals surface area contributed by atoms with Gasteiger partial charge in [0.1, 0.15) is 17.9 Å². The number of imidazole rings is 1. The van der Waals surface area contributed by atoms with Crippen molar-refractivity contribution in [2.24, 2.45) is 17.1 Å². The monoisotopic (exact) mass is 389 g/mol. The van der Waals surface area contributed by atoms with Crippen molar-refractivity contribution in [2.45, 2.75) is 58.0 Å². The summed E-state index contributed by atoms with van der Waals surface area (Å²) in [5.41, 5.74) is 5.61. The SMILES string of the molecule is CC1(C)CC(=O)CC1C(=O)N[C@@H](Cc1c[nH]cn1)C(=O)N1CCC[C@H]1C(N)=O. The number of carbonyl (C=O) groups excluding carboxylic acids is 4. The number of hydrogen-bond donors (Lipinski definition) is 3. The molecule has 2 heterocycles. The second kappa shape index (κ2) is 7.73. The van der Waals surface area contributed by atoms with Crippen molar-refractivity contribution < 1.29 is 19.2 Å². The zero-order valence-electron chi connectivity index (χ0n) is 16.2. The summed E-state index contributed by atoms with van der Waals surface area (Å²) in [4.78, 5) is 58.1. The lowest BCUT2D eigenvalue weighted by Gasteiger charge is -2.30. The molecule has 1 saturated heterocycles.